The number of phosphoric ester groups is 1. The molecule has 1 amide bonds. The maximum Gasteiger partial charge on any atom is 0.472 e. The van der Waals surface area contributed by atoms with Crippen LogP contribution in [0.25, 0.3) is 0 Å². The van der Waals surface area contributed by atoms with Crippen LogP contribution in [0.5, 0.6) is 0 Å². The van der Waals surface area contributed by atoms with Gasteiger partial charge < -0.3 is 21.1 Å². The Labute approximate surface area is 377 Å². The van der Waals surface area contributed by atoms with E-state index in [1.54, 1.807) is 0 Å². The zero-order chi connectivity index (χ0) is 44.6. The van der Waals surface area contributed by atoms with E-state index < -0.39 is 20.0 Å². The molecular weight excluding hydrogens is 780 g/mol. The SMILES string of the molecule is CC/C=C\C/C=C\C/C=C\C/C=C\CCCCCCCCCCCCC(=O)NC(COP(=O)(O)OCCN)C(O)CCCCCCCCCCCCCCCCCCCCC. The van der Waals surface area contributed by atoms with E-state index in [-0.39, 0.29) is 25.7 Å². The molecular formula is C52H99N2O6P. The topological polar surface area (TPSA) is 131 Å². The molecule has 0 aliphatic carbocycles. The van der Waals surface area contributed by atoms with Gasteiger partial charge in [-0.25, -0.2) is 4.57 Å². The average molecular weight is 879 g/mol. The van der Waals surface area contributed by atoms with Crippen molar-refractivity contribution in [3.8, 4) is 0 Å². The first kappa shape index (κ1) is 59.5. The number of allylic oxidation sites excluding steroid dienone is 8. The number of amides is 1. The van der Waals surface area contributed by atoms with Gasteiger partial charge in [0, 0.05) is 13.0 Å². The van der Waals surface area contributed by atoms with Gasteiger partial charge in [0.05, 0.1) is 25.4 Å². The molecule has 61 heavy (non-hydrogen) atoms. The lowest BCUT2D eigenvalue weighted by Gasteiger charge is -2.25. The highest BCUT2D eigenvalue weighted by atomic mass is 31.2. The standard InChI is InChI=1S/C52H99N2O6P/c1-3-5-7-9-11-13-15-17-19-21-23-24-25-26-28-30-32-34-36-38-40-42-44-46-52(56)54-50(49-60-61(57,58)59-48-47-53)51(55)45-43-41-39-37-35-33-31-29-27-22-20-18-16-14-12-10-8-6-4-2/h5,7,11,13,17,19,23-24,50-51,55H,3-4,6,8-10,12,14-16,18,20-22,25-49,53H2,1-2H3,(H,54,56)(H,57,58)/b7-5-,13-11-,19-17-,24-23-. The predicted octanol–water partition coefficient (Wildman–Crippen LogP) is 15.2. The van der Waals surface area contributed by atoms with Gasteiger partial charge in [-0.1, -0.05) is 236 Å². The van der Waals surface area contributed by atoms with E-state index in [0.29, 0.717) is 12.8 Å². The number of carbonyl (C=O) groups excluding carboxylic acids is 1. The highest BCUT2D eigenvalue weighted by Gasteiger charge is 2.27. The molecule has 0 aliphatic rings. The Bertz CT molecular complexity index is 1100. The quantitative estimate of drug-likeness (QED) is 0.0272. The summed E-state index contributed by atoms with van der Waals surface area (Å²) in [6, 6.07) is -0.779. The van der Waals surface area contributed by atoms with Crippen LogP contribution in [0.4, 0.5) is 0 Å². The van der Waals surface area contributed by atoms with Crippen molar-refractivity contribution < 1.29 is 28.4 Å². The third kappa shape index (κ3) is 46.3. The Hall–Kier alpha value is -1.54. The fourth-order valence-electron chi connectivity index (χ4n) is 7.60. The van der Waals surface area contributed by atoms with Gasteiger partial charge in [0.1, 0.15) is 0 Å². The Morgan fingerprint density at radius 3 is 1.39 bits per heavy atom. The van der Waals surface area contributed by atoms with E-state index >= 15 is 0 Å². The van der Waals surface area contributed by atoms with Crippen molar-refractivity contribution in [1.82, 2.24) is 5.32 Å². The molecule has 0 radical (unpaired) electrons. The second kappa shape index (κ2) is 47.9. The van der Waals surface area contributed by atoms with Crippen LogP contribution in [0.15, 0.2) is 48.6 Å². The van der Waals surface area contributed by atoms with E-state index in [1.807, 2.05) is 0 Å². The molecule has 0 saturated carbocycles. The minimum Gasteiger partial charge on any atom is -0.391 e. The molecule has 8 nitrogen and oxygen atoms in total. The number of aliphatic hydroxyl groups is 1. The van der Waals surface area contributed by atoms with Gasteiger partial charge in [-0.3, -0.25) is 13.8 Å². The number of unbranched alkanes of at least 4 members (excludes halogenated alkanes) is 28. The minimum absolute atomic E-state index is 0.0872. The van der Waals surface area contributed by atoms with Gasteiger partial charge in [0.2, 0.25) is 5.91 Å². The number of hydrogen-bond donors (Lipinski definition) is 4. The fraction of sp³-hybridized carbons (Fsp3) is 0.827. The molecule has 0 aliphatic heterocycles. The van der Waals surface area contributed by atoms with Crippen molar-refractivity contribution in [3.05, 3.63) is 48.6 Å². The molecule has 0 fully saturated rings. The van der Waals surface area contributed by atoms with Crippen LogP contribution >= 0.6 is 7.82 Å². The van der Waals surface area contributed by atoms with Gasteiger partial charge in [-0.2, -0.15) is 0 Å². The van der Waals surface area contributed by atoms with Crippen LogP contribution in [-0.2, 0) is 18.4 Å². The van der Waals surface area contributed by atoms with Gasteiger partial charge in [-0.05, 0) is 51.4 Å². The first-order chi connectivity index (χ1) is 29.9. The van der Waals surface area contributed by atoms with Crippen molar-refractivity contribution >= 4 is 13.7 Å². The average Bonchev–Trinajstić information content (AvgIpc) is 3.25. The lowest BCUT2D eigenvalue weighted by molar-refractivity contribution is -0.123. The fourth-order valence-corrected chi connectivity index (χ4v) is 8.36. The van der Waals surface area contributed by atoms with Crippen LogP contribution in [0.1, 0.15) is 245 Å². The number of hydrogen-bond acceptors (Lipinski definition) is 6. The molecule has 0 heterocycles. The molecule has 358 valence electrons. The maximum atomic E-state index is 12.9. The first-order valence-corrected chi connectivity index (χ1v) is 27.2. The van der Waals surface area contributed by atoms with Crippen molar-refractivity contribution in [1.29, 1.82) is 0 Å². The van der Waals surface area contributed by atoms with Crippen molar-refractivity contribution in [2.45, 2.75) is 257 Å². The van der Waals surface area contributed by atoms with E-state index in [4.69, 9.17) is 14.8 Å². The number of carbonyl (C=O) groups is 1. The summed E-state index contributed by atoms with van der Waals surface area (Å²) < 4.78 is 22.3. The molecule has 0 aromatic carbocycles. The third-order valence-corrected chi connectivity index (χ3v) is 12.4. The molecule has 3 atom stereocenters. The van der Waals surface area contributed by atoms with Crippen molar-refractivity contribution in [2.24, 2.45) is 5.73 Å². The smallest absolute Gasteiger partial charge is 0.391 e. The highest BCUT2D eigenvalue weighted by molar-refractivity contribution is 7.47. The molecule has 0 saturated heterocycles. The lowest BCUT2D eigenvalue weighted by atomic mass is 10.0. The molecule has 0 aromatic rings. The van der Waals surface area contributed by atoms with Crippen molar-refractivity contribution in [3.63, 3.8) is 0 Å². The number of nitrogens with one attached hydrogen (secondary N) is 1. The highest BCUT2D eigenvalue weighted by Crippen LogP contribution is 2.43. The monoisotopic (exact) mass is 879 g/mol. The lowest BCUT2D eigenvalue weighted by Crippen LogP contribution is -2.46. The van der Waals surface area contributed by atoms with Gasteiger partial charge in [-0.15, -0.1) is 0 Å². The summed E-state index contributed by atoms with van der Waals surface area (Å²) >= 11 is 0. The van der Waals surface area contributed by atoms with Crippen molar-refractivity contribution in [2.75, 3.05) is 19.8 Å². The van der Waals surface area contributed by atoms with Crippen LogP contribution in [0.3, 0.4) is 0 Å². The molecule has 3 unspecified atom stereocenters. The molecule has 0 aromatic heterocycles. The van der Waals surface area contributed by atoms with Gasteiger partial charge in [0.15, 0.2) is 0 Å². The summed E-state index contributed by atoms with van der Waals surface area (Å²) in [5.41, 5.74) is 5.40. The van der Waals surface area contributed by atoms with E-state index in [1.165, 1.54) is 154 Å². The molecule has 9 heteroatoms. The number of phosphoric acid groups is 1. The zero-order valence-electron chi connectivity index (χ0n) is 39.9. The predicted molar refractivity (Wildman–Crippen MR) is 263 cm³/mol. The largest absolute Gasteiger partial charge is 0.472 e. The van der Waals surface area contributed by atoms with Crippen LogP contribution in [-0.4, -0.2) is 47.8 Å². The summed E-state index contributed by atoms with van der Waals surface area (Å²) in [5.74, 6) is -0.165. The number of rotatable bonds is 48. The van der Waals surface area contributed by atoms with E-state index in [2.05, 4.69) is 67.8 Å². The summed E-state index contributed by atoms with van der Waals surface area (Å²) in [6.07, 6.45) is 59.9. The first-order valence-electron chi connectivity index (χ1n) is 25.8. The molecule has 0 rings (SSSR count). The molecule has 0 spiro atoms. The van der Waals surface area contributed by atoms with Gasteiger partial charge in [0.25, 0.3) is 0 Å². The summed E-state index contributed by atoms with van der Waals surface area (Å²) in [4.78, 5) is 22.9. The minimum atomic E-state index is -4.32. The van der Waals surface area contributed by atoms with Crippen LogP contribution in [0.2, 0.25) is 0 Å². The Kier molecular flexibility index (Phi) is 46.7. The van der Waals surface area contributed by atoms with E-state index in [9.17, 15) is 19.4 Å². The normalized spacial score (nSPS) is 14.2. The molecule has 5 N–H and O–H groups in total. The Morgan fingerprint density at radius 2 is 0.951 bits per heavy atom. The summed E-state index contributed by atoms with van der Waals surface area (Å²) in [6.45, 7) is 4.12. The maximum absolute atomic E-state index is 12.9. The Balaban J connectivity index is 4.05. The van der Waals surface area contributed by atoms with Crippen LogP contribution in [0, 0.1) is 0 Å². The van der Waals surface area contributed by atoms with E-state index in [0.717, 1.165) is 64.2 Å². The Morgan fingerprint density at radius 1 is 0.557 bits per heavy atom. The third-order valence-electron chi connectivity index (χ3n) is 11.4. The summed E-state index contributed by atoms with van der Waals surface area (Å²) in [7, 11) is -4.32. The number of aliphatic hydroxyl groups excluding tert-OH is 1. The van der Waals surface area contributed by atoms with Gasteiger partial charge >= 0.3 is 7.82 Å². The second-order valence-corrected chi connectivity index (χ2v) is 18.8. The molecule has 0 bridgehead atoms. The zero-order valence-corrected chi connectivity index (χ0v) is 40.8. The van der Waals surface area contributed by atoms with Crippen LogP contribution < -0.4 is 11.1 Å². The summed E-state index contributed by atoms with van der Waals surface area (Å²) in [5, 5.41) is 13.9. The second-order valence-electron chi connectivity index (χ2n) is 17.4. The number of nitrogens with two attached hydrogens (primary N) is 1.